The first-order valence-corrected chi connectivity index (χ1v) is 7.33. The minimum absolute atomic E-state index is 0.552. The summed E-state index contributed by atoms with van der Waals surface area (Å²) < 4.78 is 0. The van der Waals surface area contributed by atoms with E-state index in [0.717, 1.165) is 11.6 Å². The predicted molar refractivity (Wildman–Crippen MR) is 78.0 cm³/mol. The van der Waals surface area contributed by atoms with E-state index in [1.165, 1.54) is 37.8 Å². The van der Waals surface area contributed by atoms with Crippen LogP contribution in [0.3, 0.4) is 0 Å². The highest BCUT2D eigenvalue weighted by atomic mass is 35.5. The highest BCUT2D eigenvalue weighted by molar-refractivity contribution is 6.30. The lowest BCUT2D eigenvalue weighted by Crippen LogP contribution is -2.39. The topological polar surface area (TPSA) is 24.1 Å². The summed E-state index contributed by atoms with van der Waals surface area (Å²) in [6.45, 7) is 4.38. The van der Waals surface area contributed by atoms with Crippen LogP contribution in [0, 0.1) is 0 Å². The van der Waals surface area contributed by atoms with Gasteiger partial charge in [-0.1, -0.05) is 30.2 Å². The van der Waals surface area contributed by atoms with Crippen molar-refractivity contribution in [1.82, 2.24) is 10.6 Å². The lowest BCUT2D eigenvalue weighted by molar-refractivity contribution is 0.344. The van der Waals surface area contributed by atoms with Crippen molar-refractivity contribution >= 4 is 11.6 Å². The van der Waals surface area contributed by atoms with Crippen LogP contribution in [0.1, 0.15) is 38.2 Å². The molecule has 2 atom stereocenters. The number of benzene rings is 1. The number of hydrogen-bond donors (Lipinski definition) is 2. The quantitative estimate of drug-likeness (QED) is 0.854. The fraction of sp³-hybridized carbons (Fsp3) is 0.600. The summed E-state index contributed by atoms with van der Waals surface area (Å²) in [5.41, 5.74) is 1.29. The van der Waals surface area contributed by atoms with Gasteiger partial charge in [0.25, 0.3) is 0 Å². The molecule has 18 heavy (non-hydrogen) atoms. The van der Waals surface area contributed by atoms with Crippen molar-refractivity contribution in [2.45, 2.75) is 51.2 Å². The second kappa shape index (κ2) is 7.13. The molecule has 0 aromatic heterocycles. The van der Waals surface area contributed by atoms with Crippen molar-refractivity contribution in [2.24, 2.45) is 0 Å². The third kappa shape index (κ3) is 4.60. The minimum atomic E-state index is 0.552. The molecule has 2 rings (SSSR count). The number of nitrogens with one attached hydrogen (secondary N) is 2. The van der Waals surface area contributed by atoms with Gasteiger partial charge in [0.05, 0.1) is 0 Å². The molecule has 0 aliphatic carbocycles. The maximum atomic E-state index is 5.87. The first kappa shape index (κ1) is 13.9. The van der Waals surface area contributed by atoms with Crippen LogP contribution >= 0.6 is 11.6 Å². The molecule has 2 N–H and O–H groups in total. The average molecular weight is 267 g/mol. The van der Waals surface area contributed by atoms with Crippen LogP contribution in [0.25, 0.3) is 0 Å². The summed E-state index contributed by atoms with van der Waals surface area (Å²) in [6, 6.07) is 9.32. The second-order valence-corrected chi connectivity index (χ2v) is 5.73. The molecule has 1 aromatic rings. The molecule has 1 heterocycles. The van der Waals surface area contributed by atoms with Gasteiger partial charge in [-0.15, -0.1) is 0 Å². The molecule has 1 aliphatic heterocycles. The van der Waals surface area contributed by atoms with E-state index in [9.17, 15) is 0 Å². The van der Waals surface area contributed by atoms with Crippen molar-refractivity contribution in [1.29, 1.82) is 0 Å². The largest absolute Gasteiger partial charge is 0.314 e. The van der Waals surface area contributed by atoms with Crippen molar-refractivity contribution < 1.29 is 0 Å². The number of halogens is 1. The zero-order chi connectivity index (χ0) is 12.8. The van der Waals surface area contributed by atoms with E-state index in [0.29, 0.717) is 12.1 Å². The molecule has 2 unspecified atom stereocenters. The van der Waals surface area contributed by atoms with Crippen molar-refractivity contribution in [3.05, 3.63) is 34.9 Å². The molecule has 1 aliphatic rings. The smallest absolute Gasteiger partial charge is 0.0406 e. The third-order valence-electron chi connectivity index (χ3n) is 3.62. The molecule has 100 valence electrons. The van der Waals surface area contributed by atoms with Crippen molar-refractivity contribution in [2.75, 3.05) is 6.54 Å². The van der Waals surface area contributed by atoms with E-state index in [4.69, 9.17) is 11.6 Å². The number of hydrogen-bond acceptors (Lipinski definition) is 2. The van der Waals surface area contributed by atoms with Crippen molar-refractivity contribution in [3.8, 4) is 0 Å². The van der Waals surface area contributed by atoms with Crippen LogP contribution in [0.15, 0.2) is 24.3 Å². The molecule has 0 amide bonds. The number of rotatable bonds is 5. The van der Waals surface area contributed by atoms with E-state index in [1.54, 1.807) is 0 Å². The van der Waals surface area contributed by atoms with Gasteiger partial charge < -0.3 is 10.6 Å². The van der Waals surface area contributed by atoms with Gasteiger partial charge >= 0.3 is 0 Å². The Bertz CT molecular complexity index is 344. The SMILES string of the molecule is CC(CC1CCCCN1)NCc1ccc(Cl)cc1. The molecule has 0 radical (unpaired) electrons. The molecule has 0 bridgehead atoms. The zero-order valence-corrected chi connectivity index (χ0v) is 11.8. The Morgan fingerprint density at radius 2 is 2.11 bits per heavy atom. The van der Waals surface area contributed by atoms with Gasteiger partial charge in [0, 0.05) is 23.7 Å². The first-order valence-electron chi connectivity index (χ1n) is 6.95. The summed E-state index contributed by atoms with van der Waals surface area (Å²) in [4.78, 5) is 0. The summed E-state index contributed by atoms with van der Waals surface area (Å²) in [6.07, 6.45) is 5.26. The van der Waals surface area contributed by atoms with E-state index in [-0.39, 0.29) is 0 Å². The molecular weight excluding hydrogens is 244 g/mol. The van der Waals surface area contributed by atoms with Gasteiger partial charge in [-0.3, -0.25) is 0 Å². The minimum Gasteiger partial charge on any atom is -0.314 e. The summed E-state index contributed by atoms with van der Waals surface area (Å²) in [5.74, 6) is 0. The average Bonchev–Trinajstić information content (AvgIpc) is 2.39. The molecule has 3 heteroatoms. The maximum absolute atomic E-state index is 5.87. The van der Waals surface area contributed by atoms with E-state index in [1.807, 2.05) is 12.1 Å². The predicted octanol–water partition coefficient (Wildman–Crippen LogP) is 3.35. The maximum Gasteiger partial charge on any atom is 0.0406 e. The standard InChI is InChI=1S/C15H23ClN2/c1-12(10-15-4-2-3-9-17-15)18-11-13-5-7-14(16)8-6-13/h5-8,12,15,17-18H,2-4,9-11H2,1H3. The first-order chi connectivity index (χ1) is 8.74. The second-order valence-electron chi connectivity index (χ2n) is 5.29. The Labute approximate surface area is 115 Å². The molecule has 0 spiro atoms. The Hall–Kier alpha value is -0.570. The Morgan fingerprint density at radius 1 is 1.33 bits per heavy atom. The normalized spacial score (nSPS) is 21.8. The Balaban J connectivity index is 1.70. The van der Waals surface area contributed by atoms with E-state index < -0.39 is 0 Å². The van der Waals surface area contributed by atoms with Crippen molar-refractivity contribution in [3.63, 3.8) is 0 Å². The monoisotopic (exact) mass is 266 g/mol. The molecule has 1 saturated heterocycles. The molecule has 0 saturated carbocycles. The van der Waals surface area contributed by atoms with Crippen LogP contribution < -0.4 is 10.6 Å². The van der Waals surface area contributed by atoms with Gasteiger partial charge in [0.15, 0.2) is 0 Å². The highest BCUT2D eigenvalue weighted by Crippen LogP contribution is 2.13. The van der Waals surface area contributed by atoms with E-state index >= 15 is 0 Å². The summed E-state index contributed by atoms with van der Waals surface area (Å²) in [5, 5.41) is 7.98. The molecule has 1 aromatic carbocycles. The Kier molecular flexibility index (Phi) is 5.48. The van der Waals surface area contributed by atoms with Crippen LogP contribution in [-0.2, 0) is 6.54 Å². The lowest BCUT2D eigenvalue weighted by atomic mass is 9.99. The lowest BCUT2D eigenvalue weighted by Gasteiger charge is -2.26. The van der Waals surface area contributed by atoms with Gasteiger partial charge in [-0.2, -0.15) is 0 Å². The fourth-order valence-electron chi connectivity index (χ4n) is 2.53. The summed E-state index contributed by atoms with van der Waals surface area (Å²) in [7, 11) is 0. The van der Waals surface area contributed by atoms with Gasteiger partial charge in [-0.25, -0.2) is 0 Å². The fourth-order valence-corrected chi connectivity index (χ4v) is 2.66. The zero-order valence-electron chi connectivity index (χ0n) is 11.1. The highest BCUT2D eigenvalue weighted by Gasteiger charge is 2.15. The molecular formula is C15H23ClN2. The van der Waals surface area contributed by atoms with Crippen LogP contribution in [0.4, 0.5) is 0 Å². The van der Waals surface area contributed by atoms with Gasteiger partial charge in [0.1, 0.15) is 0 Å². The third-order valence-corrected chi connectivity index (χ3v) is 3.87. The van der Waals surface area contributed by atoms with Crippen LogP contribution in [0.2, 0.25) is 5.02 Å². The van der Waals surface area contributed by atoms with Gasteiger partial charge in [0.2, 0.25) is 0 Å². The van der Waals surface area contributed by atoms with Crippen LogP contribution in [0.5, 0.6) is 0 Å². The number of piperidine rings is 1. The summed E-state index contributed by atoms with van der Waals surface area (Å²) >= 11 is 5.87. The van der Waals surface area contributed by atoms with Crippen LogP contribution in [-0.4, -0.2) is 18.6 Å². The molecule has 1 fully saturated rings. The van der Waals surface area contributed by atoms with Gasteiger partial charge in [-0.05, 0) is 50.4 Å². The van der Waals surface area contributed by atoms with E-state index in [2.05, 4.69) is 29.7 Å². The Morgan fingerprint density at radius 3 is 2.78 bits per heavy atom. The molecule has 2 nitrogen and oxygen atoms in total.